The molecule has 0 saturated carbocycles. The fourth-order valence-electron chi connectivity index (χ4n) is 1.15. The Balaban J connectivity index is -0.000000132. The minimum atomic E-state index is -1.37. The Morgan fingerprint density at radius 3 is 1.41 bits per heavy atom. The zero-order valence-corrected chi connectivity index (χ0v) is 25.1. The summed E-state index contributed by atoms with van der Waals surface area (Å²) in [5.41, 5.74) is 7.60. The molecule has 0 aliphatic rings. The first-order chi connectivity index (χ1) is 12.8. The number of nitrogens with two attached hydrogens (primary N) is 1. The Morgan fingerprint density at radius 2 is 1.22 bits per heavy atom. The van der Waals surface area contributed by atoms with Crippen LogP contribution in [0.1, 0.15) is 91.7 Å². The van der Waals surface area contributed by atoms with E-state index < -0.39 is 28.1 Å². The first kappa shape index (κ1) is 34.1. The molecule has 0 amide bonds. The van der Waals surface area contributed by atoms with Crippen molar-refractivity contribution in [2.75, 3.05) is 6.54 Å². The van der Waals surface area contributed by atoms with Gasteiger partial charge in [-0.1, -0.05) is 97.1 Å². The van der Waals surface area contributed by atoms with E-state index >= 15 is 0 Å². The molecule has 0 heterocycles. The fourth-order valence-corrected chi connectivity index (χ4v) is 3.70. The van der Waals surface area contributed by atoms with Crippen molar-refractivity contribution in [2.24, 2.45) is 5.73 Å². The SMILES string of the molecule is CCCC.CCCC.CCN.CC[CH2][Hg][C](=O)O.CCc1ccc(C)cc1. The Bertz CT molecular complexity index is 359. The minimum absolute atomic E-state index is 0.471. The third kappa shape index (κ3) is 46.0. The summed E-state index contributed by atoms with van der Waals surface area (Å²) < 4.78 is 0.553. The van der Waals surface area contributed by atoms with Crippen molar-refractivity contribution in [3.05, 3.63) is 35.4 Å². The number of benzene rings is 1. The Labute approximate surface area is 183 Å². The average molecular weight is 570 g/mol. The van der Waals surface area contributed by atoms with Gasteiger partial charge in [0, 0.05) is 0 Å². The predicted molar refractivity (Wildman–Crippen MR) is 120 cm³/mol. The van der Waals surface area contributed by atoms with Crippen LogP contribution in [-0.2, 0) is 31.0 Å². The molecule has 0 spiro atoms. The van der Waals surface area contributed by atoms with Crippen LogP contribution < -0.4 is 5.73 Å². The molecule has 0 saturated heterocycles. The molecule has 1 aromatic rings. The van der Waals surface area contributed by atoms with Crippen LogP contribution in [0.3, 0.4) is 0 Å². The van der Waals surface area contributed by atoms with Crippen LogP contribution in [0.2, 0.25) is 3.93 Å². The van der Waals surface area contributed by atoms with Gasteiger partial charge in [-0.2, -0.15) is 0 Å². The van der Waals surface area contributed by atoms with Crippen molar-refractivity contribution < 1.29 is 34.5 Å². The second-order valence-corrected chi connectivity index (χ2v) is 13.3. The number of carboxylic acid groups (broad SMARTS) is 1. The molecule has 4 heteroatoms. The summed E-state index contributed by atoms with van der Waals surface area (Å²) in [5.74, 6) is 0. The smallest absolute Gasteiger partial charge is 0.0307 e. The van der Waals surface area contributed by atoms with E-state index in [0.29, 0.717) is 0 Å². The maximum Gasteiger partial charge on any atom is -0.0307 e. The summed E-state index contributed by atoms with van der Waals surface area (Å²) in [5, 5.41) is 8.14. The molecule has 3 N–H and O–H groups in total. The molecule has 0 aromatic heterocycles. The van der Waals surface area contributed by atoms with Gasteiger partial charge in [0.25, 0.3) is 0 Å². The van der Waals surface area contributed by atoms with Crippen molar-refractivity contribution in [3.63, 3.8) is 0 Å². The van der Waals surface area contributed by atoms with Gasteiger partial charge in [0.1, 0.15) is 0 Å². The van der Waals surface area contributed by atoms with Gasteiger partial charge in [0.05, 0.1) is 0 Å². The number of rotatable bonds is 6. The quantitative estimate of drug-likeness (QED) is 0.345. The number of unbranched alkanes of at least 4 members (excludes halogenated alkanes) is 2. The summed E-state index contributed by atoms with van der Waals surface area (Å²) in [4.78, 5) is 9.86. The van der Waals surface area contributed by atoms with Crippen LogP contribution in [0.25, 0.3) is 0 Å². The van der Waals surface area contributed by atoms with Crippen LogP contribution in [0.15, 0.2) is 24.3 Å². The molecule has 0 radical (unpaired) electrons. The molecule has 27 heavy (non-hydrogen) atoms. The zero-order chi connectivity index (χ0) is 21.9. The van der Waals surface area contributed by atoms with Crippen LogP contribution in [0.4, 0.5) is 4.79 Å². The van der Waals surface area contributed by atoms with Crippen molar-refractivity contribution >= 4 is 3.48 Å². The van der Waals surface area contributed by atoms with Gasteiger partial charge in [-0.25, -0.2) is 0 Å². The van der Waals surface area contributed by atoms with E-state index in [-0.39, 0.29) is 0 Å². The summed E-state index contributed by atoms with van der Waals surface area (Å²) in [6.45, 7) is 17.7. The van der Waals surface area contributed by atoms with Crippen LogP contribution in [0, 0.1) is 6.92 Å². The maximum absolute atomic E-state index is 9.86. The monoisotopic (exact) mass is 571 g/mol. The normalized spacial score (nSPS) is 8.04. The molecular formula is C23H47HgNO2. The van der Waals surface area contributed by atoms with Gasteiger partial charge in [-0.05, 0) is 25.5 Å². The van der Waals surface area contributed by atoms with Crippen molar-refractivity contribution in [3.8, 4) is 0 Å². The summed E-state index contributed by atoms with van der Waals surface area (Å²) in [7, 11) is 0. The van der Waals surface area contributed by atoms with Gasteiger partial charge >= 0.3 is 55.2 Å². The van der Waals surface area contributed by atoms with Crippen LogP contribution in [-0.4, -0.2) is 15.1 Å². The standard InChI is InChI=1S/C9H12.2C4H10.C3H7.C2H7N.CHO2.Hg/c1-3-9-6-4-8(2)5-7-9;2*1-3-4-2;1-3-2;1-2-3;2-1-3;/h4-7H,3H2,1-2H3;2*3-4H2,1-2H3;1,3H2,2H3;2-3H2,1H3;(H,2,3);. The van der Waals surface area contributed by atoms with E-state index in [1.54, 1.807) is 0 Å². The molecule has 1 rings (SSSR count). The largest absolute Gasteiger partial charge is 0.0613 e. The maximum atomic E-state index is 9.86. The molecule has 0 unspecified atom stereocenters. The zero-order valence-electron chi connectivity index (χ0n) is 19.6. The molecule has 158 valence electrons. The minimum Gasteiger partial charge on any atom is -0.0613 e. The van der Waals surface area contributed by atoms with E-state index in [2.05, 4.69) is 65.8 Å². The molecule has 0 bridgehead atoms. The molecule has 0 atom stereocenters. The first-order valence-electron chi connectivity index (χ1n) is 10.8. The third-order valence-corrected chi connectivity index (χ3v) is 9.06. The molecule has 0 aliphatic heterocycles. The molecule has 0 fully saturated rings. The average Bonchev–Trinajstić information content (AvgIpc) is 2.68. The van der Waals surface area contributed by atoms with Gasteiger partial charge < -0.3 is 5.73 Å². The van der Waals surface area contributed by atoms with Gasteiger partial charge in [0.15, 0.2) is 0 Å². The van der Waals surface area contributed by atoms with Crippen LogP contribution in [0.5, 0.6) is 0 Å². The van der Waals surface area contributed by atoms with E-state index in [0.717, 1.165) is 23.3 Å². The summed E-state index contributed by atoms with van der Waals surface area (Å²) in [6.07, 6.45) is 7.48. The Kier molecular flexibility index (Phi) is 41.9. The van der Waals surface area contributed by atoms with Crippen molar-refractivity contribution in [2.45, 2.75) is 97.8 Å². The fraction of sp³-hybridized carbons (Fsp3) is 0.696. The van der Waals surface area contributed by atoms with Gasteiger partial charge in [0.2, 0.25) is 0 Å². The first-order valence-corrected chi connectivity index (χ1v) is 17.5. The van der Waals surface area contributed by atoms with Gasteiger partial charge in [-0.15, -0.1) is 0 Å². The molecule has 3 nitrogen and oxygen atoms in total. The topological polar surface area (TPSA) is 63.3 Å². The van der Waals surface area contributed by atoms with Crippen LogP contribution >= 0.6 is 0 Å². The second-order valence-electron chi connectivity index (χ2n) is 6.24. The van der Waals surface area contributed by atoms with Gasteiger partial charge in [-0.3, -0.25) is 0 Å². The molecule has 0 aliphatic carbocycles. The number of aryl methyl sites for hydroxylation is 2. The van der Waals surface area contributed by atoms with E-state index in [1.165, 1.54) is 36.8 Å². The Morgan fingerprint density at radius 1 is 0.852 bits per heavy atom. The van der Waals surface area contributed by atoms with Crippen molar-refractivity contribution in [1.29, 1.82) is 0 Å². The third-order valence-electron chi connectivity index (χ3n) is 3.27. The van der Waals surface area contributed by atoms with Crippen molar-refractivity contribution in [1.82, 2.24) is 0 Å². The number of carbonyl (C=O) groups is 1. The summed E-state index contributed by atoms with van der Waals surface area (Å²) in [6, 6.07) is 8.66. The number of hydrogen-bond acceptors (Lipinski definition) is 2. The second kappa shape index (κ2) is 33.2. The predicted octanol–water partition coefficient (Wildman–Crippen LogP) is 7.71. The van der Waals surface area contributed by atoms with E-state index in [4.69, 9.17) is 10.8 Å². The Hall–Kier alpha value is -0.415. The summed E-state index contributed by atoms with van der Waals surface area (Å²) >= 11 is -1.37. The number of hydrogen-bond donors (Lipinski definition) is 2. The van der Waals surface area contributed by atoms with E-state index in [1.807, 2.05) is 13.8 Å². The molecular weight excluding hydrogens is 523 g/mol. The van der Waals surface area contributed by atoms with E-state index in [9.17, 15) is 4.79 Å². The molecule has 1 aromatic carbocycles.